The Morgan fingerprint density at radius 2 is 0.923 bits per heavy atom. The Balaban J connectivity index is 0.886. The normalized spacial score (nSPS) is 12.6. The third kappa shape index (κ3) is 8.68. The second kappa shape index (κ2) is 18.8. The molecular formula is C54H50N4O7. The predicted molar refractivity (Wildman–Crippen MR) is 257 cm³/mol. The number of aliphatic hydroxyl groups excluding tert-OH is 2. The van der Waals surface area contributed by atoms with Gasteiger partial charge in [-0.2, -0.15) is 0 Å². The van der Waals surface area contributed by atoms with Crippen LogP contribution in [0.5, 0.6) is 5.75 Å². The van der Waals surface area contributed by atoms with Crippen LogP contribution in [0.15, 0.2) is 127 Å². The molecule has 0 saturated carbocycles. The van der Waals surface area contributed by atoms with E-state index in [9.17, 15) is 29.4 Å². The number of ether oxygens (including phenoxy) is 1. The number of amides is 4. The number of aliphatic hydroxyl groups is 2. The quantitative estimate of drug-likeness (QED) is 0.0373. The summed E-state index contributed by atoms with van der Waals surface area (Å²) in [5, 5.41) is 44.8. The summed E-state index contributed by atoms with van der Waals surface area (Å²) in [6.07, 6.45) is 3.76. The SMILES string of the molecule is CCCCCCOc1cc(C(=O)NC(CO)C(=O)NCc2ccc3ccc4cccc5ccc2c3c45)cc(C(=O)NC(CO)C(=O)NCc2ccc3ccc4cccc5ccc2c3c45)c1. The topological polar surface area (TPSA) is 166 Å². The number of nitrogens with one attached hydrogen (secondary N) is 4. The highest BCUT2D eigenvalue weighted by atomic mass is 16.5. The van der Waals surface area contributed by atoms with Crippen molar-refractivity contribution in [3.05, 3.63) is 150 Å². The van der Waals surface area contributed by atoms with E-state index < -0.39 is 48.9 Å². The molecule has 2 unspecified atom stereocenters. The molecule has 0 aliphatic rings. The number of rotatable bonds is 18. The number of benzene rings is 9. The second-order valence-corrected chi connectivity index (χ2v) is 16.7. The van der Waals surface area contributed by atoms with Gasteiger partial charge in [-0.25, -0.2) is 0 Å². The van der Waals surface area contributed by atoms with E-state index >= 15 is 0 Å². The largest absolute Gasteiger partial charge is 0.494 e. The lowest BCUT2D eigenvalue weighted by Gasteiger charge is -2.19. The standard InChI is InChI=1S/C54H50N4O7/c1-2-3-4-5-24-65-42-26-40(51(61)57-45(30-59)53(63)55-28-38-18-16-36-14-12-32-8-6-10-34-20-22-43(38)49(36)47(32)34)25-41(27-42)52(62)58-46(31-60)54(64)56-29-39-19-17-37-15-13-33-9-7-11-35-21-23-44(39)50(37)48(33)35/h6-23,25-27,45-46,59-60H,2-5,24,28-31H2,1H3,(H,55,63)(H,56,64)(H,57,61)(H,58,62). The van der Waals surface area contributed by atoms with Crippen molar-refractivity contribution in [1.82, 2.24) is 21.3 Å². The molecule has 0 saturated heterocycles. The summed E-state index contributed by atoms with van der Waals surface area (Å²) in [5.41, 5.74) is 1.76. The maximum absolute atomic E-state index is 13.8. The molecule has 2 atom stereocenters. The van der Waals surface area contributed by atoms with Gasteiger partial charge in [-0.15, -0.1) is 0 Å². The van der Waals surface area contributed by atoms with E-state index in [2.05, 4.69) is 88.9 Å². The summed E-state index contributed by atoms with van der Waals surface area (Å²) >= 11 is 0. The minimum atomic E-state index is -1.31. The highest BCUT2D eigenvalue weighted by Crippen LogP contribution is 2.37. The van der Waals surface area contributed by atoms with Crippen molar-refractivity contribution in [3.8, 4) is 5.75 Å². The summed E-state index contributed by atoms with van der Waals surface area (Å²) in [6.45, 7) is 1.39. The molecule has 6 N–H and O–H groups in total. The van der Waals surface area contributed by atoms with Crippen LogP contribution in [0.2, 0.25) is 0 Å². The summed E-state index contributed by atoms with van der Waals surface area (Å²) in [6, 6.07) is 38.6. The number of hydrogen-bond acceptors (Lipinski definition) is 7. The van der Waals surface area contributed by atoms with E-state index in [1.54, 1.807) is 0 Å². The summed E-state index contributed by atoms with van der Waals surface area (Å²) < 4.78 is 6.00. The number of carbonyl (C=O) groups is 4. The van der Waals surface area contributed by atoms with Gasteiger partial charge in [0, 0.05) is 24.2 Å². The number of carbonyl (C=O) groups excluding carboxylic acids is 4. The van der Waals surface area contributed by atoms with Gasteiger partial charge in [0.2, 0.25) is 11.8 Å². The third-order valence-electron chi connectivity index (χ3n) is 12.5. The van der Waals surface area contributed by atoms with Gasteiger partial charge >= 0.3 is 0 Å². The van der Waals surface area contributed by atoms with Gasteiger partial charge in [0.05, 0.1) is 19.8 Å². The van der Waals surface area contributed by atoms with Crippen molar-refractivity contribution < 1.29 is 34.1 Å². The maximum Gasteiger partial charge on any atom is 0.252 e. The fraction of sp³-hybridized carbons (Fsp3) is 0.222. The predicted octanol–water partition coefficient (Wildman–Crippen LogP) is 8.25. The molecule has 0 bridgehead atoms. The molecule has 4 amide bonds. The van der Waals surface area contributed by atoms with Crippen LogP contribution in [0.1, 0.15) is 64.4 Å². The molecule has 0 fully saturated rings. The lowest BCUT2D eigenvalue weighted by Crippen LogP contribution is -2.49. The highest BCUT2D eigenvalue weighted by molar-refractivity contribution is 6.24. The van der Waals surface area contributed by atoms with E-state index in [1.807, 2.05) is 48.5 Å². The van der Waals surface area contributed by atoms with Gasteiger partial charge in [0.25, 0.3) is 11.8 Å². The molecule has 0 aromatic heterocycles. The fourth-order valence-corrected chi connectivity index (χ4v) is 9.05. The van der Waals surface area contributed by atoms with E-state index in [1.165, 1.54) is 18.2 Å². The first-order valence-electron chi connectivity index (χ1n) is 22.2. The zero-order valence-corrected chi connectivity index (χ0v) is 36.1. The van der Waals surface area contributed by atoms with Crippen molar-refractivity contribution in [2.45, 2.75) is 57.8 Å². The molecule has 0 aliphatic heterocycles. The van der Waals surface area contributed by atoms with Crippen LogP contribution < -0.4 is 26.0 Å². The smallest absolute Gasteiger partial charge is 0.252 e. The van der Waals surface area contributed by atoms with E-state index in [0.29, 0.717) is 6.61 Å². The van der Waals surface area contributed by atoms with Crippen LogP contribution in [0.3, 0.4) is 0 Å². The van der Waals surface area contributed by atoms with Crippen molar-refractivity contribution >= 4 is 88.3 Å². The minimum Gasteiger partial charge on any atom is -0.494 e. The maximum atomic E-state index is 13.8. The lowest BCUT2D eigenvalue weighted by atomic mass is 9.92. The van der Waals surface area contributed by atoms with Crippen molar-refractivity contribution in [1.29, 1.82) is 0 Å². The molecule has 65 heavy (non-hydrogen) atoms. The first-order valence-corrected chi connectivity index (χ1v) is 22.2. The summed E-state index contributed by atoms with van der Waals surface area (Å²) in [5.74, 6) is -2.40. The Morgan fingerprint density at radius 3 is 1.35 bits per heavy atom. The molecule has 11 nitrogen and oxygen atoms in total. The fourth-order valence-electron chi connectivity index (χ4n) is 9.05. The Morgan fingerprint density at radius 1 is 0.508 bits per heavy atom. The van der Waals surface area contributed by atoms with Gasteiger partial charge in [-0.1, -0.05) is 135 Å². The Bertz CT molecular complexity index is 2980. The Hall–Kier alpha value is -7.34. The highest BCUT2D eigenvalue weighted by Gasteiger charge is 2.25. The van der Waals surface area contributed by atoms with Crippen LogP contribution in [0.4, 0.5) is 0 Å². The molecule has 9 aromatic carbocycles. The van der Waals surface area contributed by atoms with Crippen molar-refractivity contribution in [3.63, 3.8) is 0 Å². The average molecular weight is 867 g/mol. The number of unbranched alkanes of at least 4 members (excludes halogenated alkanes) is 3. The summed E-state index contributed by atoms with van der Waals surface area (Å²) in [7, 11) is 0. The van der Waals surface area contributed by atoms with Gasteiger partial charge in [0.1, 0.15) is 17.8 Å². The van der Waals surface area contributed by atoms with Gasteiger partial charge in [0.15, 0.2) is 0 Å². The molecule has 0 spiro atoms. The average Bonchev–Trinajstić information content (AvgIpc) is 3.34. The van der Waals surface area contributed by atoms with Crippen LogP contribution in [-0.2, 0) is 22.7 Å². The molecular weight excluding hydrogens is 817 g/mol. The van der Waals surface area contributed by atoms with Crippen molar-refractivity contribution in [2.75, 3.05) is 19.8 Å². The molecule has 328 valence electrons. The first kappa shape index (κ1) is 42.9. The number of hydrogen-bond donors (Lipinski definition) is 6. The molecule has 9 rings (SSSR count). The van der Waals surface area contributed by atoms with Gasteiger partial charge < -0.3 is 36.2 Å². The van der Waals surface area contributed by atoms with Gasteiger partial charge in [-0.3, -0.25) is 19.2 Å². The zero-order chi connectivity index (χ0) is 45.0. The Kier molecular flexibility index (Phi) is 12.4. The van der Waals surface area contributed by atoms with E-state index in [-0.39, 0.29) is 30.0 Å². The zero-order valence-electron chi connectivity index (χ0n) is 36.1. The summed E-state index contributed by atoms with van der Waals surface area (Å²) in [4.78, 5) is 54.7. The lowest BCUT2D eigenvalue weighted by molar-refractivity contribution is -0.124. The molecule has 11 heteroatoms. The molecule has 0 heterocycles. The van der Waals surface area contributed by atoms with Crippen LogP contribution in [-0.4, -0.2) is 65.7 Å². The van der Waals surface area contributed by atoms with E-state index in [0.717, 1.165) is 101 Å². The molecule has 0 aliphatic carbocycles. The van der Waals surface area contributed by atoms with Crippen LogP contribution >= 0.6 is 0 Å². The van der Waals surface area contributed by atoms with Crippen molar-refractivity contribution in [2.24, 2.45) is 0 Å². The monoisotopic (exact) mass is 866 g/mol. The van der Waals surface area contributed by atoms with Crippen LogP contribution in [0, 0.1) is 0 Å². The molecule has 0 radical (unpaired) electrons. The minimum absolute atomic E-state index is 0.00163. The first-order chi connectivity index (χ1) is 31.7. The third-order valence-corrected chi connectivity index (χ3v) is 12.5. The Labute approximate surface area is 375 Å². The van der Waals surface area contributed by atoms with E-state index in [4.69, 9.17) is 4.74 Å². The van der Waals surface area contributed by atoms with Crippen LogP contribution in [0.25, 0.3) is 64.6 Å². The molecule has 9 aromatic rings. The second-order valence-electron chi connectivity index (χ2n) is 16.7. The van der Waals surface area contributed by atoms with Gasteiger partial charge in [-0.05, 0) is 100 Å².